The Labute approximate surface area is 247 Å². The van der Waals surface area contributed by atoms with Gasteiger partial charge in [-0.1, -0.05) is 35.9 Å². The highest BCUT2D eigenvalue weighted by molar-refractivity contribution is 7.89. The minimum absolute atomic E-state index is 0.0245. The Morgan fingerprint density at radius 2 is 1.88 bits per heavy atom. The molecule has 218 valence electrons. The summed E-state index contributed by atoms with van der Waals surface area (Å²) in [7, 11) is -3.86. The Morgan fingerprint density at radius 1 is 1.05 bits per heavy atom. The molecule has 0 spiro atoms. The first-order chi connectivity index (χ1) is 19.8. The van der Waals surface area contributed by atoms with Gasteiger partial charge < -0.3 is 14.6 Å². The van der Waals surface area contributed by atoms with E-state index in [1.807, 2.05) is 29.8 Å². The zero-order valence-corrected chi connectivity index (χ0v) is 25.0. The Morgan fingerprint density at radius 3 is 2.68 bits per heavy atom. The number of benzene rings is 2. The molecule has 2 aliphatic heterocycles. The minimum atomic E-state index is -3.86. The van der Waals surface area contributed by atoms with Crippen LogP contribution >= 0.6 is 11.6 Å². The van der Waals surface area contributed by atoms with Crippen molar-refractivity contribution in [3.05, 3.63) is 87.7 Å². The highest BCUT2D eigenvalue weighted by atomic mass is 35.5. The number of halogens is 1. The van der Waals surface area contributed by atoms with E-state index < -0.39 is 16.1 Å². The summed E-state index contributed by atoms with van der Waals surface area (Å²) in [5.74, 6) is -0.135. The molecule has 3 aliphatic rings. The summed E-state index contributed by atoms with van der Waals surface area (Å²) in [4.78, 5) is 16.0. The van der Waals surface area contributed by atoms with Gasteiger partial charge in [0.2, 0.25) is 15.9 Å². The van der Waals surface area contributed by atoms with Crippen molar-refractivity contribution in [3.63, 3.8) is 0 Å². The Bertz CT molecular complexity index is 1530. The molecule has 1 amide bonds. The number of carbonyl (C=O) groups excluding carboxylic acids is 1. The van der Waals surface area contributed by atoms with Gasteiger partial charge in [-0.25, -0.2) is 8.42 Å². The molecule has 1 N–H and O–H groups in total. The molecule has 1 saturated heterocycles. The van der Waals surface area contributed by atoms with Crippen molar-refractivity contribution in [3.8, 4) is 0 Å². The second-order valence-corrected chi connectivity index (χ2v) is 13.7. The number of sulfonamides is 1. The van der Waals surface area contributed by atoms with Gasteiger partial charge >= 0.3 is 0 Å². The quantitative estimate of drug-likeness (QED) is 0.444. The van der Waals surface area contributed by atoms with Crippen LogP contribution < -0.4 is 5.32 Å². The molecule has 3 aromatic rings. The predicted octanol–water partition coefficient (Wildman–Crippen LogP) is 4.09. The molecule has 2 unspecified atom stereocenters. The number of morpholine rings is 1. The Hall–Kier alpha value is -2.69. The van der Waals surface area contributed by atoms with Gasteiger partial charge in [0.1, 0.15) is 0 Å². The van der Waals surface area contributed by atoms with Gasteiger partial charge in [-0.3, -0.25) is 9.69 Å². The maximum absolute atomic E-state index is 13.8. The third-order valence-electron chi connectivity index (χ3n) is 8.62. The lowest BCUT2D eigenvalue weighted by molar-refractivity contribution is -0.123. The summed E-state index contributed by atoms with van der Waals surface area (Å²) in [5.41, 5.74) is 5.61. The highest BCUT2D eigenvalue weighted by Crippen LogP contribution is 2.35. The number of aromatic nitrogens is 1. The fraction of sp³-hybridized carbons (Fsp3) is 0.452. The van der Waals surface area contributed by atoms with Crippen molar-refractivity contribution in [2.45, 2.75) is 62.7 Å². The number of hydrogen-bond donors (Lipinski definition) is 1. The standard InChI is InChI=1S/C31H37ClN4O4S/c1-22-4-9-27(19-28(22)32)41(38,39)36-12-11-35-10-2-3-29(35)30(36)20-31(37)33-26-8-7-24-17-23(5-6-25(24)18-26)21-34-13-15-40-16-14-34/h2-6,9-10,17,19,26,30H,7-8,11-16,18,20-21H2,1H3,(H,33,37). The van der Waals surface area contributed by atoms with Crippen molar-refractivity contribution in [1.82, 2.24) is 19.1 Å². The number of nitrogens with one attached hydrogen (secondary N) is 1. The SMILES string of the molecule is Cc1ccc(S(=O)(=O)N2CCn3cccc3C2CC(=O)NC2CCc3cc(CN4CCOCC4)ccc3C2)cc1Cl. The molecule has 0 bridgehead atoms. The number of aryl methyl sites for hydroxylation is 2. The summed E-state index contributed by atoms with van der Waals surface area (Å²) in [6.07, 6.45) is 4.57. The van der Waals surface area contributed by atoms with Gasteiger partial charge in [0, 0.05) is 62.1 Å². The van der Waals surface area contributed by atoms with Gasteiger partial charge in [0.05, 0.1) is 24.2 Å². The lowest BCUT2D eigenvalue weighted by Crippen LogP contribution is -2.45. The van der Waals surface area contributed by atoms with Crippen LogP contribution in [0, 0.1) is 6.92 Å². The average molecular weight is 597 g/mol. The van der Waals surface area contributed by atoms with Gasteiger partial charge in [-0.05, 0) is 72.7 Å². The molecule has 0 radical (unpaired) electrons. The van der Waals surface area contributed by atoms with Crippen LogP contribution in [0.2, 0.25) is 5.02 Å². The molecule has 6 rings (SSSR count). The summed E-state index contributed by atoms with van der Waals surface area (Å²) in [6, 6.07) is 14.8. The summed E-state index contributed by atoms with van der Waals surface area (Å²) in [5, 5.41) is 3.63. The topological polar surface area (TPSA) is 83.9 Å². The van der Waals surface area contributed by atoms with E-state index in [1.165, 1.54) is 27.1 Å². The zero-order chi connectivity index (χ0) is 28.6. The van der Waals surface area contributed by atoms with Crippen molar-refractivity contribution >= 4 is 27.5 Å². The van der Waals surface area contributed by atoms with E-state index in [4.69, 9.17) is 16.3 Å². The number of fused-ring (bicyclic) bond motifs is 2. The molecule has 1 aromatic heterocycles. The molecule has 1 fully saturated rings. The highest BCUT2D eigenvalue weighted by Gasteiger charge is 2.38. The van der Waals surface area contributed by atoms with Crippen LogP contribution in [0.15, 0.2) is 59.6 Å². The molecule has 8 nitrogen and oxygen atoms in total. The molecular formula is C31H37ClN4O4S. The van der Waals surface area contributed by atoms with Crippen molar-refractivity contribution in [1.29, 1.82) is 0 Å². The van der Waals surface area contributed by atoms with Crippen LogP contribution in [-0.4, -0.2) is 67.0 Å². The molecule has 1 aliphatic carbocycles. The van der Waals surface area contributed by atoms with Crippen LogP contribution in [0.1, 0.15) is 46.8 Å². The van der Waals surface area contributed by atoms with E-state index in [0.29, 0.717) is 11.6 Å². The van der Waals surface area contributed by atoms with Crippen LogP contribution in [0.4, 0.5) is 0 Å². The second-order valence-electron chi connectivity index (χ2n) is 11.4. The van der Waals surface area contributed by atoms with E-state index in [1.54, 1.807) is 12.1 Å². The van der Waals surface area contributed by atoms with Gasteiger partial charge in [-0.15, -0.1) is 0 Å². The molecule has 2 atom stereocenters. The minimum Gasteiger partial charge on any atom is -0.379 e. The molecule has 3 heterocycles. The van der Waals surface area contributed by atoms with Gasteiger partial charge in [0.25, 0.3) is 0 Å². The second kappa shape index (κ2) is 11.9. The monoisotopic (exact) mass is 596 g/mol. The van der Waals surface area contributed by atoms with E-state index in [2.05, 4.69) is 28.4 Å². The van der Waals surface area contributed by atoms with E-state index in [0.717, 1.165) is 63.4 Å². The average Bonchev–Trinajstić information content (AvgIpc) is 3.45. The molecule has 41 heavy (non-hydrogen) atoms. The van der Waals surface area contributed by atoms with Crippen molar-refractivity contribution in [2.75, 3.05) is 32.8 Å². The Balaban J connectivity index is 1.14. The number of nitrogens with zero attached hydrogens (tertiary/aromatic N) is 3. The first-order valence-corrected chi connectivity index (χ1v) is 16.2. The molecule has 10 heteroatoms. The van der Waals surface area contributed by atoms with Crippen LogP contribution in [0.25, 0.3) is 0 Å². The third kappa shape index (κ3) is 6.10. The van der Waals surface area contributed by atoms with E-state index >= 15 is 0 Å². The fourth-order valence-electron chi connectivity index (χ4n) is 6.32. The molecular weight excluding hydrogens is 560 g/mol. The van der Waals surface area contributed by atoms with E-state index in [9.17, 15) is 13.2 Å². The number of hydrogen-bond acceptors (Lipinski definition) is 5. The lowest BCUT2D eigenvalue weighted by Gasteiger charge is -2.36. The number of amides is 1. The van der Waals surface area contributed by atoms with Crippen molar-refractivity contribution in [2.24, 2.45) is 0 Å². The largest absolute Gasteiger partial charge is 0.379 e. The molecule has 2 aromatic carbocycles. The van der Waals surface area contributed by atoms with Gasteiger partial charge in [-0.2, -0.15) is 4.31 Å². The van der Waals surface area contributed by atoms with Crippen LogP contribution in [0.5, 0.6) is 0 Å². The fourth-order valence-corrected chi connectivity index (χ4v) is 8.18. The van der Waals surface area contributed by atoms with Crippen molar-refractivity contribution < 1.29 is 17.9 Å². The first-order valence-electron chi connectivity index (χ1n) is 14.4. The molecule has 0 saturated carbocycles. The summed E-state index contributed by atoms with van der Waals surface area (Å²) >= 11 is 6.28. The Kier molecular flexibility index (Phi) is 8.25. The summed E-state index contributed by atoms with van der Waals surface area (Å²) in [6.45, 7) is 7.12. The number of rotatable bonds is 7. The van der Waals surface area contributed by atoms with E-state index in [-0.39, 0.29) is 29.8 Å². The zero-order valence-electron chi connectivity index (χ0n) is 23.4. The lowest BCUT2D eigenvalue weighted by atomic mass is 9.87. The first kappa shape index (κ1) is 28.4. The predicted molar refractivity (Wildman–Crippen MR) is 158 cm³/mol. The van der Waals surface area contributed by atoms with Crippen LogP contribution in [-0.2, 0) is 45.5 Å². The van der Waals surface area contributed by atoms with Gasteiger partial charge in [0.15, 0.2) is 0 Å². The third-order valence-corrected chi connectivity index (χ3v) is 10.9. The van der Waals surface area contributed by atoms with Crippen LogP contribution in [0.3, 0.4) is 0 Å². The normalized spacial score (nSPS) is 21.7. The maximum atomic E-state index is 13.8. The number of carbonyl (C=O) groups is 1. The number of ether oxygens (including phenoxy) is 1. The smallest absolute Gasteiger partial charge is 0.243 e. The maximum Gasteiger partial charge on any atom is 0.243 e. The summed E-state index contributed by atoms with van der Waals surface area (Å²) < 4.78 is 36.5.